The molecule has 1 aliphatic heterocycles. The summed E-state index contributed by atoms with van der Waals surface area (Å²) < 4.78 is 22.3. The topological polar surface area (TPSA) is 52.9 Å². The molecule has 0 fully saturated rings. The SMILES string of the molecule is COc1cc(CN[C@H](C)c2ccc(C)o2)cc2c1OCCO2. The number of hydrogen-bond donors (Lipinski definition) is 1. The normalized spacial score (nSPS) is 14.7. The maximum Gasteiger partial charge on any atom is 0.203 e. The van der Waals surface area contributed by atoms with Gasteiger partial charge in [-0.15, -0.1) is 0 Å². The smallest absolute Gasteiger partial charge is 0.203 e. The Bertz CT molecular complexity index is 633. The third-order valence-electron chi connectivity index (χ3n) is 3.69. The molecule has 0 amide bonds. The third-order valence-corrected chi connectivity index (χ3v) is 3.69. The molecule has 1 atom stereocenters. The molecule has 118 valence electrons. The van der Waals surface area contributed by atoms with Gasteiger partial charge in [-0.25, -0.2) is 0 Å². The second-order valence-electron chi connectivity index (χ2n) is 5.37. The first kappa shape index (κ1) is 14.8. The molecule has 1 aromatic heterocycles. The monoisotopic (exact) mass is 303 g/mol. The molecular weight excluding hydrogens is 282 g/mol. The van der Waals surface area contributed by atoms with E-state index in [-0.39, 0.29) is 6.04 Å². The van der Waals surface area contributed by atoms with Crippen molar-refractivity contribution in [3.05, 3.63) is 41.3 Å². The molecule has 2 heterocycles. The lowest BCUT2D eigenvalue weighted by Gasteiger charge is -2.22. The summed E-state index contributed by atoms with van der Waals surface area (Å²) in [6.45, 7) is 5.83. The largest absolute Gasteiger partial charge is 0.493 e. The van der Waals surface area contributed by atoms with Gasteiger partial charge in [0.15, 0.2) is 11.5 Å². The van der Waals surface area contributed by atoms with Crippen LogP contribution in [0.5, 0.6) is 17.2 Å². The fourth-order valence-corrected chi connectivity index (χ4v) is 2.49. The maximum atomic E-state index is 5.65. The van der Waals surface area contributed by atoms with E-state index in [1.807, 2.05) is 31.2 Å². The van der Waals surface area contributed by atoms with Crippen LogP contribution in [0.3, 0.4) is 0 Å². The van der Waals surface area contributed by atoms with Gasteiger partial charge < -0.3 is 23.9 Å². The second-order valence-corrected chi connectivity index (χ2v) is 5.37. The highest BCUT2D eigenvalue weighted by Gasteiger charge is 2.18. The Hall–Kier alpha value is -2.14. The van der Waals surface area contributed by atoms with Gasteiger partial charge in [0, 0.05) is 6.54 Å². The second kappa shape index (κ2) is 6.32. The number of rotatable bonds is 5. The number of nitrogens with one attached hydrogen (secondary N) is 1. The predicted molar refractivity (Wildman–Crippen MR) is 82.7 cm³/mol. The highest BCUT2D eigenvalue weighted by molar-refractivity contribution is 5.54. The number of aryl methyl sites for hydroxylation is 1. The number of hydrogen-bond acceptors (Lipinski definition) is 5. The van der Waals surface area contributed by atoms with E-state index in [9.17, 15) is 0 Å². The minimum atomic E-state index is 0.132. The molecule has 1 aliphatic rings. The Balaban J connectivity index is 1.72. The molecule has 1 aromatic carbocycles. The number of furan rings is 1. The van der Waals surface area contributed by atoms with Gasteiger partial charge in [-0.2, -0.15) is 0 Å². The van der Waals surface area contributed by atoms with Crippen molar-refractivity contribution in [2.24, 2.45) is 0 Å². The minimum absolute atomic E-state index is 0.132. The van der Waals surface area contributed by atoms with E-state index < -0.39 is 0 Å². The Labute approximate surface area is 130 Å². The highest BCUT2D eigenvalue weighted by Crippen LogP contribution is 2.40. The number of fused-ring (bicyclic) bond motifs is 1. The van der Waals surface area contributed by atoms with Crippen LogP contribution >= 0.6 is 0 Å². The van der Waals surface area contributed by atoms with Crippen LogP contribution in [0, 0.1) is 6.92 Å². The molecule has 0 aliphatic carbocycles. The third kappa shape index (κ3) is 3.04. The van der Waals surface area contributed by atoms with Gasteiger partial charge in [0.2, 0.25) is 5.75 Å². The summed E-state index contributed by atoms with van der Waals surface area (Å²) in [6.07, 6.45) is 0. The average Bonchev–Trinajstić information content (AvgIpc) is 2.98. The van der Waals surface area contributed by atoms with Crippen molar-refractivity contribution in [1.82, 2.24) is 5.32 Å². The lowest BCUT2D eigenvalue weighted by atomic mass is 10.1. The van der Waals surface area contributed by atoms with E-state index in [1.165, 1.54) is 0 Å². The molecule has 3 rings (SSSR count). The van der Waals surface area contributed by atoms with E-state index in [2.05, 4.69) is 12.2 Å². The van der Waals surface area contributed by atoms with Crippen LogP contribution in [-0.4, -0.2) is 20.3 Å². The van der Waals surface area contributed by atoms with Crippen LogP contribution in [0.1, 0.15) is 30.0 Å². The van der Waals surface area contributed by atoms with Gasteiger partial charge in [-0.3, -0.25) is 0 Å². The van der Waals surface area contributed by atoms with Crippen molar-refractivity contribution < 1.29 is 18.6 Å². The van der Waals surface area contributed by atoms with Crippen molar-refractivity contribution in [3.63, 3.8) is 0 Å². The Morgan fingerprint density at radius 2 is 2.05 bits per heavy atom. The molecule has 0 radical (unpaired) electrons. The van der Waals surface area contributed by atoms with E-state index in [4.69, 9.17) is 18.6 Å². The molecule has 0 bridgehead atoms. The quantitative estimate of drug-likeness (QED) is 0.919. The molecule has 0 spiro atoms. The van der Waals surface area contributed by atoms with Crippen molar-refractivity contribution in [2.75, 3.05) is 20.3 Å². The lowest BCUT2D eigenvalue weighted by molar-refractivity contribution is 0.165. The zero-order valence-corrected chi connectivity index (χ0v) is 13.1. The molecule has 0 saturated carbocycles. The number of ether oxygens (including phenoxy) is 3. The maximum absolute atomic E-state index is 5.65. The van der Waals surface area contributed by atoms with Gasteiger partial charge in [-0.1, -0.05) is 0 Å². The van der Waals surface area contributed by atoms with E-state index in [0.717, 1.165) is 22.8 Å². The molecule has 5 nitrogen and oxygen atoms in total. The van der Waals surface area contributed by atoms with Crippen molar-refractivity contribution in [3.8, 4) is 17.2 Å². The number of methoxy groups -OCH3 is 1. The summed E-state index contributed by atoms with van der Waals surface area (Å²) in [5.74, 6) is 3.98. The summed E-state index contributed by atoms with van der Waals surface area (Å²) in [6, 6.07) is 8.07. The van der Waals surface area contributed by atoms with Crippen molar-refractivity contribution >= 4 is 0 Å². The fraction of sp³-hybridized carbons (Fsp3) is 0.412. The molecule has 5 heteroatoms. The summed E-state index contributed by atoms with van der Waals surface area (Å²) in [5.41, 5.74) is 1.08. The van der Waals surface area contributed by atoms with Crippen LogP contribution in [-0.2, 0) is 6.54 Å². The molecular formula is C17H21NO4. The Kier molecular flexibility index (Phi) is 4.24. The van der Waals surface area contributed by atoms with Crippen LogP contribution < -0.4 is 19.5 Å². The van der Waals surface area contributed by atoms with Gasteiger partial charge in [-0.05, 0) is 43.7 Å². The van der Waals surface area contributed by atoms with Crippen LogP contribution in [0.25, 0.3) is 0 Å². The summed E-state index contributed by atoms with van der Waals surface area (Å²) in [4.78, 5) is 0. The van der Waals surface area contributed by atoms with Crippen LogP contribution in [0.15, 0.2) is 28.7 Å². The summed E-state index contributed by atoms with van der Waals surface area (Å²) >= 11 is 0. The van der Waals surface area contributed by atoms with Gasteiger partial charge in [0.1, 0.15) is 24.7 Å². The van der Waals surface area contributed by atoms with E-state index in [1.54, 1.807) is 7.11 Å². The predicted octanol–water partition coefficient (Wildman–Crippen LogP) is 3.22. The molecule has 0 saturated heterocycles. The standard InChI is InChI=1S/C17H21NO4/c1-11-4-5-14(22-11)12(2)18-10-13-8-15(19-3)17-16(9-13)20-6-7-21-17/h4-5,8-9,12,18H,6-7,10H2,1-3H3/t12-/m1/s1. The molecule has 0 unspecified atom stereocenters. The van der Waals surface area contributed by atoms with E-state index >= 15 is 0 Å². The first-order valence-corrected chi connectivity index (χ1v) is 7.43. The van der Waals surface area contributed by atoms with Crippen molar-refractivity contribution in [2.45, 2.75) is 26.4 Å². The van der Waals surface area contributed by atoms with Crippen LogP contribution in [0.2, 0.25) is 0 Å². The molecule has 1 N–H and O–H groups in total. The van der Waals surface area contributed by atoms with Gasteiger partial charge in [0.25, 0.3) is 0 Å². The number of benzene rings is 1. The van der Waals surface area contributed by atoms with E-state index in [0.29, 0.717) is 31.3 Å². The first-order chi connectivity index (χ1) is 10.7. The minimum Gasteiger partial charge on any atom is -0.493 e. The zero-order valence-electron chi connectivity index (χ0n) is 13.1. The fourth-order valence-electron chi connectivity index (χ4n) is 2.49. The molecule has 2 aromatic rings. The average molecular weight is 303 g/mol. The lowest BCUT2D eigenvalue weighted by Crippen LogP contribution is -2.19. The van der Waals surface area contributed by atoms with Crippen molar-refractivity contribution in [1.29, 1.82) is 0 Å². The van der Waals surface area contributed by atoms with Gasteiger partial charge in [0.05, 0.1) is 13.2 Å². The van der Waals surface area contributed by atoms with Gasteiger partial charge >= 0.3 is 0 Å². The first-order valence-electron chi connectivity index (χ1n) is 7.43. The van der Waals surface area contributed by atoms with Crippen LogP contribution in [0.4, 0.5) is 0 Å². The zero-order chi connectivity index (χ0) is 15.5. The summed E-state index contributed by atoms with van der Waals surface area (Å²) in [5, 5.41) is 3.44. The molecule has 22 heavy (non-hydrogen) atoms. The highest BCUT2D eigenvalue weighted by atomic mass is 16.6. The Morgan fingerprint density at radius 1 is 1.23 bits per heavy atom. The summed E-state index contributed by atoms with van der Waals surface area (Å²) in [7, 11) is 1.64. The Morgan fingerprint density at radius 3 is 2.77 bits per heavy atom.